The van der Waals surface area contributed by atoms with E-state index in [0.29, 0.717) is 0 Å². The highest BCUT2D eigenvalue weighted by Gasteiger charge is 2.10. The van der Waals surface area contributed by atoms with E-state index in [1.807, 2.05) is 0 Å². The molecular formula is C12H13F2NO3. The van der Waals surface area contributed by atoms with Crippen LogP contribution < -0.4 is 5.32 Å². The van der Waals surface area contributed by atoms with Gasteiger partial charge in [-0.3, -0.25) is 9.59 Å². The van der Waals surface area contributed by atoms with E-state index in [0.717, 1.165) is 18.2 Å². The molecule has 0 fully saturated rings. The third-order valence-corrected chi connectivity index (χ3v) is 2.02. The minimum Gasteiger partial charge on any atom is -0.466 e. The van der Waals surface area contributed by atoms with E-state index in [4.69, 9.17) is 0 Å². The van der Waals surface area contributed by atoms with Crippen molar-refractivity contribution in [2.75, 3.05) is 6.61 Å². The Kier molecular flexibility index (Phi) is 5.23. The zero-order valence-electron chi connectivity index (χ0n) is 9.83. The van der Waals surface area contributed by atoms with Gasteiger partial charge in [-0.25, -0.2) is 8.78 Å². The molecule has 0 radical (unpaired) electrons. The predicted octanol–water partition coefficient (Wildman–Crippen LogP) is 1.53. The number of carbonyl (C=O) groups is 2. The summed E-state index contributed by atoms with van der Waals surface area (Å²) in [5.41, 5.74) is 0.282. The SMILES string of the molecule is CCOC(=O)CC(=O)NCc1cc(F)cc(F)c1. The molecule has 0 saturated heterocycles. The van der Waals surface area contributed by atoms with Crippen molar-refractivity contribution in [3.05, 3.63) is 35.4 Å². The quantitative estimate of drug-likeness (QED) is 0.643. The van der Waals surface area contributed by atoms with Gasteiger partial charge in [0.1, 0.15) is 18.1 Å². The second-order valence-electron chi connectivity index (χ2n) is 3.54. The van der Waals surface area contributed by atoms with E-state index in [1.54, 1.807) is 6.92 Å². The number of nitrogens with one attached hydrogen (secondary N) is 1. The highest BCUT2D eigenvalue weighted by molar-refractivity contribution is 5.94. The highest BCUT2D eigenvalue weighted by atomic mass is 19.1. The van der Waals surface area contributed by atoms with Crippen molar-refractivity contribution in [1.82, 2.24) is 5.32 Å². The van der Waals surface area contributed by atoms with Gasteiger partial charge in [0.15, 0.2) is 0 Å². The van der Waals surface area contributed by atoms with Crippen LogP contribution in [0.1, 0.15) is 18.9 Å². The molecule has 0 spiro atoms. The van der Waals surface area contributed by atoms with Gasteiger partial charge in [-0.2, -0.15) is 0 Å². The molecule has 0 aromatic heterocycles. The maximum absolute atomic E-state index is 12.8. The van der Waals surface area contributed by atoms with E-state index in [2.05, 4.69) is 10.1 Å². The molecule has 0 saturated carbocycles. The Hall–Kier alpha value is -1.98. The topological polar surface area (TPSA) is 55.4 Å². The number of ether oxygens (including phenoxy) is 1. The van der Waals surface area contributed by atoms with E-state index in [-0.39, 0.29) is 18.7 Å². The van der Waals surface area contributed by atoms with Crippen molar-refractivity contribution in [3.8, 4) is 0 Å². The van der Waals surface area contributed by atoms with Crippen molar-refractivity contribution >= 4 is 11.9 Å². The Morgan fingerprint density at radius 3 is 2.39 bits per heavy atom. The van der Waals surface area contributed by atoms with Crippen LogP contribution in [0.15, 0.2) is 18.2 Å². The van der Waals surface area contributed by atoms with Crippen LogP contribution in [0.4, 0.5) is 8.78 Å². The summed E-state index contributed by atoms with van der Waals surface area (Å²) in [6.07, 6.45) is -0.411. The Morgan fingerprint density at radius 1 is 1.22 bits per heavy atom. The first-order valence-electron chi connectivity index (χ1n) is 5.38. The lowest BCUT2D eigenvalue weighted by molar-refractivity contribution is -0.146. The van der Waals surface area contributed by atoms with Crippen LogP contribution in [0.25, 0.3) is 0 Å². The lowest BCUT2D eigenvalue weighted by Crippen LogP contribution is -2.26. The van der Waals surface area contributed by atoms with Gasteiger partial charge in [-0.1, -0.05) is 0 Å². The third kappa shape index (κ3) is 4.90. The molecule has 4 nitrogen and oxygen atoms in total. The van der Waals surface area contributed by atoms with Crippen molar-refractivity contribution in [2.45, 2.75) is 19.9 Å². The summed E-state index contributed by atoms with van der Waals surface area (Å²) in [4.78, 5) is 22.2. The zero-order valence-corrected chi connectivity index (χ0v) is 9.83. The predicted molar refractivity (Wildman–Crippen MR) is 59.5 cm³/mol. The zero-order chi connectivity index (χ0) is 13.5. The van der Waals surface area contributed by atoms with E-state index < -0.39 is 29.9 Å². The molecule has 0 atom stereocenters. The average molecular weight is 257 g/mol. The minimum absolute atomic E-state index is 0.0487. The fraction of sp³-hybridized carbons (Fsp3) is 0.333. The van der Waals surface area contributed by atoms with Crippen LogP contribution in [0.3, 0.4) is 0 Å². The molecule has 0 aliphatic rings. The Labute approximate surface area is 103 Å². The second kappa shape index (κ2) is 6.68. The second-order valence-corrected chi connectivity index (χ2v) is 3.54. The number of amides is 1. The molecule has 1 N–H and O–H groups in total. The Morgan fingerprint density at radius 2 is 1.83 bits per heavy atom. The van der Waals surface area contributed by atoms with E-state index >= 15 is 0 Å². The molecular weight excluding hydrogens is 244 g/mol. The van der Waals surface area contributed by atoms with Crippen molar-refractivity contribution in [2.24, 2.45) is 0 Å². The summed E-state index contributed by atoms with van der Waals surface area (Å²) in [7, 11) is 0. The van der Waals surface area contributed by atoms with Gasteiger partial charge in [0, 0.05) is 12.6 Å². The Bertz CT molecular complexity index is 429. The average Bonchev–Trinajstić information content (AvgIpc) is 2.25. The molecule has 0 bridgehead atoms. The van der Waals surface area contributed by atoms with Gasteiger partial charge in [0.2, 0.25) is 5.91 Å². The van der Waals surface area contributed by atoms with Crippen LogP contribution in [0.5, 0.6) is 0 Å². The smallest absolute Gasteiger partial charge is 0.315 e. The molecule has 1 amide bonds. The standard InChI is InChI=1S/C12H13F2NO3/c1-2-18-12(17)6-11(16)15-7-8-3-9(13)5-10(14)4-8/h3-5H,2,6-7H2,1H3,(H,15,16). The molecule has 6 heteroatoms. The number of halogens is 2. The Balaban J connectivity index is 2.45. The maximum atomic E-state index is 12.8. The number of hydrogen-bond acceptors (Lipinski definition) is 3. The summed E-state index contributed by atoms with van der Waals surface area (Å²) in [6.45, 7) is 1.78. The molecule has 0 aliphatic carbocycles. The molecule has 1 aromatic carbocycles. The van der Waals surface area contributed by atoms with Gasteiger partial charge in [-0.05, 0) is 24.6 Å². The summed E-state index contributed by atoms with van der Waals surface area (Å²) < 4.78 is 30.3. The molecule has 18 heavy (non-hydrogen) atoms. The summed E-state index contributed by atoms with van der Waals surface area (Å²) in [5, 5.41) is 2.37. The number of carbonyl (C=O) groups excluding carboxylic acids is 2. The van der Waals surface area contributed by atoms with Crippen molar-refractivity contribution < 1.29 is 23.1 Å². The van der Waals surface area contributed by atoms with E-state index in [1.165, 1.54) is 0 Å². The van der Waals surface area contributed by atoms with Gasteiger partial charge in [0.25, 0.3) is 0 Å². The first kappa shape index (κ1) is 14.1. The van der Waals surface area contributed by atoms with Gasteiger partial charge < -0.3 is 10.1 Å². The van der Waals surface area contributed by atoms with Crippen molar-refractivity contribution in [1.29, 1.82) is 0 Å². The number of esters is 1. The maximum Gasteiger partial charge on any atom is 0.315 e. The van der Waals surface area contributed by atoms with Gasteiger partial charge >= 0.3 is 5.97 Å². The molecule has 1 aromatic rings. The van der Waals surface area contributed by atoms with Crippen LogP contribution in [-0.4, -0.2) is 18.5 Å². The van der Waals surface area contributed by atoms with Gasteiger partial charge in [-0.15, -0.1) is 0 Å². The molecule has 0 heterocycles. The molecule has 98 valence electrons. The lowest BCUT2D eigenvalue weighted by Gasteiger charge is -2.05. The van der Waals surface area contributed by atoms with Crippen LogP contribution in [0.2, 0.25) is 0 Å². The monoisotopic (exact) mass is 257 g/mol. The largest absolute Gasteiger partial charge is 0.466 e. The van der Waals surface area contributed by atoms with E-state index in [9.17, 15) is 18.4 Å². The number of hydrogen-bond donors (Lipinski definition) is 1. The minimum atomic E-state index is -0.718. The lowest BCUT2D eigenvalue weighted by atomic mass is 10.2. The summed E-state index contributed by atoms with van der Waals surface area (Å²) >= 11 is 0. The molecule has 0 unspecified atom stereocenters. The first-order valence-corrected chi connectivity index (χ1v) is 5.38. The highest BCUT2D eigenvalue weighted by Crippen LogP contribution is 2.07. The molecule has 1 rings (SSSR count). The number of benzene rings is 1. The first-order chi connectivity index (χ1) is 8.51. The van der Waals surface area contributed by atoms with Gasteiger partial charge in [0.05, 0.1) is 6.61 Å². The van der Waals surface area contributed by atoms with Crippen LogP contribution in [0, 0.1) is 11.6 Å². The number of rotatable bonds is 5. The normalized spacial score (nSPS) is 9.94. The van der Waals surface area contributed by atoms with Crippen LogP contribution >= 0.6 is 0 Å². The fourth-order valence-electron chi connectivity index (χ4n) is 1.32. The van der Waals surface area contributed by atoms with Crippen molar-refractivity contribution in [3.63, 3.8) is 0 Å². The summed E-state index contributed by atoms with van der Waals surface area (Å²) in [6, 6.07) is 2.95. The van der Waals surface area contributed by atoms with Crippen LogP contribution in [-0.2, 0) is 20.9 Å². The fourth-order valence-corrected chi connectivity index (χ4v) is 1.32. The summed E-state index contributed by atoms with van der Waals surface area (Å²) in [5.74, 6) is -2.63. The third-order valence-electron chi connectivity index (χ3n) is 2.02. The molecule has 0 aliphatic heterocycles.